The molecule has 1 aliphatic rings. The molecular formula is C18H19N3O2. The smallest absolute Gasteiger partial charge is 0.257 e. The third-order valence-corrected chi connectivity index (χ3v) is 4.06. The fourth-order valence-corrected chi connectivity index (χ4v) is 2.73. The minimum Gasteiger partial charge on any atom is -0.506 e. The first kappa shape index (κ1) is 15.1. The minimum absolute atomic E-state index is 0.133. The molecule has 0 bridgehead atoms. The quantitative estimate of drug-likeness (QED) is 0.837. The zero-order valence-electron chi connectivity index (χ0n) is 13.6. The number of nitrogens with zero attached hydrogens (tertiary/aromatic N) is 2. The molecule has 0 radical (unpaired) electrons. The Morgan fingerprint density at radius 2 is 1.83 bits per heavy atom. The summed E-state index contributed by atoms with van der Waals surface area (Å²) in [6, 6.07) is 7.92. The van der Waals surface area contributed by atoms with Crippen molar-refractivity contribution < 1.29 is 9.90 Å². The summed E-state index contributed by atoms with van der Waals surface area (Å²) < 4.78 is 0. The van der Waals surface area contributed by atoms with E-state index in [0.717, 1.165) is 11.3 Å². The highest BCUT2D eigenvalue weighted by Gasteiger charge is 2.29. The van der Waals surface area contributed by atoms with E-state index in [1.807, 2.05) is 49.3 Å². The van der Waals surface area contributed by atoms with Crippen LogP contribution in [0, 0.1) is 13.8 Å². The topological polar surface area (TPSA) is 65.5 Å². The van der Waals surface area contributed by atoms with Crippen molar-refractivity contribution in [1.82, 2.24) is 4.98 Å². The number of hydrogen-bond acceptors (Lipinski definition) is 4. The molecule has 0 fully saturated rings. The van der Waals surface area contributed by atoms with Gasteiger partial charge in [-0.05, 0) is 37.6 Å². The summed E-state index contributed by atoms with van der Waals surface area (Å²) in [6.07, 6.45) is 1.82. The lowest BCUT2D eigenvalue weighted by Crippen LogP contribution is -2.08. The lowest BCUT2D eigenvalue weighted by Gasteiger charge is -2.12. The van der Waals surface area contributed by atoms with Crippen LogP contribution in [-0.2, 0) is 4.79 Å². The molecule has 1 aromatic heterocycles. The number of hydrogen-bond donors (Lipinski definition) is 2. The number of carbonyl (C=O) groups excluding carboxylic acids is 1. The second-order valence-electron chi connectivity index (χ2n) is 5.89. The number of nitrogens with one attached hydrogen (secondary N) is 1. The molecule has 0 saturated heterocycles. The second kappa shape index (κ2) is 5.43. The number of amides is 1. The minimum atomic E-state index is -0.197. The van der Waals surface area contributed by atoms with Gasteiger partial charge in [-0.2, -0.15) is 0 Å². The molecule has 1 amide bonds. The van der Waals surface area contributed by atoms with E-state index in [4.69, 9.17) is 0 Å². The van der Waals surface area contributed by atoms with E-state index in [-0.39, 0.29) is 11.7 Å². The van der Waals surface area contributed by atoms with Crippen LogP contribution in [0.2, 0.25) is 0 Å². The van der Waals surface area contributed by atoms with Crippen molar-refractivity contribution >= 4 is 29.1 Å². The van der Waals surface area contributed by atoms with Crippen LogP contribution >= 0.6 is 0 Å². The number of aromatic hydroxyl groups is 1. The Balaban J connectivity index is 2.08. The first-order chi connectivity index (χ1) is 10.9. The zero-order chi connectivity index (χ0) is 16.7. The van der Waals surface area contributed by atoms with Crippen LogP contribution in [0.25, 0.3) is 11.6 Å². The summed E-state index contributed by atoms with van der Waals surface area (Å²) in [4.78, 5) is 18.6. The summed E-state index contributed by atoms with van der Waals surface area (Å²) in [5.74, 6) is 0.449. The summed E-state index contributed by atoms with van der Waals surface area (Å²) in [5, 5.41) is 12.9. The van der Waals surface area contributed by atoms with Gasteiger partial charge in [-0.25, -0.2) is 4.98 Å². The second-order valence-corrected chi connectivity index (χ2v) is 5.89. The molecule has 2 aromatic rings. The number of fused-ring (bicyclic) bond motifs is 1. The Hall–Kier alpha value is -2.82. The van der Waals surface area contributed by atoms with Gasteiger partial charge in [0.1, 0.15) is 11.6 Å². The highest BCUT2D eigenvalue weighted by molar-refractivity contribution is 6.35. The summed E-state index contributed by atoms with van der Waals surface area (Å²) in [5.41, 5.74) is 4.40. The SMILES string of the molecule is Cc1nc2c(c(C)c1O)C(=Cc1ccc(N(C)C)cc1)C(=O)N2. The lowest BCUT2D eigenvalue weighted by molar-refractivity contribution is -0.110. The monoisotopic (exact) mass is 309 g/mol. The Morgan fingerprint density at radius 1 is 1.17 bits per heavy atom. The van der Waals surface area contributed by atoms with E-state index < -0.39 is 0 Å². The standard InChI is InChI=1S/C18H19N3O2/c1-10-15-14(9-12-5-7-13(8-6-12)21(3)4)18(23)20-17(15)19-11(2)16(10)22/h5-9,22H,1-4H3,(H,19,20,23). The molecule has 3 rings (SSSR count). The Kier molecular flexibility index (Phi) is 3.56. The van der Waals surface area contributed by atoms with Crippen LogP contribution < -0.4 is 10.2 Å². The number of pyridine rings is 1. The van der Waals surface area contributed by atoms with E-state index in [1.165, 1.54) is 0 Å². The van der Waals surface area contributed by atoms with Crippen LogP contribution in [-0.4, -0.2) is 30.1 Å². The van der Waals surface area contributed by atoms with Crippen LogP contribution in [0.1, 0.15) is 22.4 Å². The largest absolute Gasteiger partial charge is 0.506 e. The lowest BCUT2D eigenvalue weighted by atomic mass is 10.00. The molecule has 0 spiro atoms. The summed E-state index contributed by atoms with van der Waals surface area (Å²) in [7, 11) is 3.96. The molecule has 23 heavy (non-hydrogen) atoms. The van der Waals surface area contributed by atoms with Crippen molar-refractivity contribution in [3.8, 4) is 5.75 Å². The van der Waals surface area contributed by atoms with E-state index in [9.17, 15) is 9.90 Å². The van der Waals surface area contributed by atoms with Crippen LogP contribution in [0.15, 0.2) is 24.3 Å². The van der Waals surface area contributed by atoms with Crippen LogP contribution in [0.4, 0.5) is 11.5 Å². The van der Waals surface area contributed by atoms with Crippen molar-refractivity contribution in [3.63, 3.8) is 0 Å². The number of carbonyl (C=O) groups is 1. The van der Waals surface area contributed by atoms with E-state index in [0.29, 0.717) is 28.2 Å². The van der Waals surface area contributed by atoms with Crippen LogP contribution in [0.5, 0.6) is 5.75 Å². The van der Waals surface area contributed by atoms with Crippen molar-refractivity contribution in [2.75, 3.05) is 24.3 Å². The number of rotatable bonds is 2. The predicted molar refractivity (Wildman–Crippen MR) is 92.6 cm³/mol. The van der Waals surface area contributed by atoms with Gasteiger partial charge >= 0.3 is 0 Å². The average molecular weight is 309 g/mol. The van der Waals surface area contributed by atoms with Gasteiger partial charge in [-0.3, -0.25) is 4.79 Å². The van der Waals surface area contributed by atoms with Crippen molar-refractivity contribution in [3.05, 3.63) is 46.6 Å². The van der Waals surface area contributed by atoms with Gasteiger partial charge in [0.25, 0.3) is 5.91 Å². The summed E-state index contributed by atoms with van der Waals surface area (Å²) in [6.45, 7) is 3.52. The van der Waals surface area contributed by atoms with Gasteiger partial charge in [0, 0.05) is 30.9 Å². The molecule has 5 nitrogen and oxygen atoms in total. The zero-order valence-corrected chi connectivity index (χ0v) is 13.6. The molecule has 0 unspecified atom stereocenters. The van der Waals surface area contributed by atoms with Crippen molar-refractivity contribution in [1.29, 1.82) is 0 Å². The maximum atomic E-state index is 12.3. The molecular weight excluding hydrogens is 290 g/mol. The first-order valence-corrected chi connectivity index (χ1v) is 7.39. The molecule has 0 saturated carbocycles. The van der Waals surface area contributed by atoms with E-state index in [1.54, 1.807) is 13.8 Å². The Morgan fingerprint density at radius 3 is 2.43 bits per heavy atom. The molecule has 0 atom stereocenters. The Bertz CT molecular complexity index is 821. The van der Waals surface area contributed by atoms with Gasteiger partial charge in [0.05, 0.1) is 11.3 Å². The van der Waals surface area contributed by atoms with E-state index in [2.05, 4.69) is 10.3 Å². The molecule has 5 heteroatoms. The van der Waals surface area contributed by atoms with Crippen molar-refractivity contribution in [2.24, 2.45) is 0 Å². The number of benzene rings is 1. The molecule has 1 aliphatic heterocycles. The van der Waals surface area contributed by atoms with Gasteiger partial charge in [-0.1, -0.05) is 12.1 Å². The molecule has 2 heterocycles. The maximum absolute atomic E-state index is 12.3. The van der Waals surface area contributed by atoms with Gasteiger partial charge < -0.3 is 15.3 Å². The summed E-state index contributed by atoms with van der Waals surface area (Å²) >= 11 is 0. The number of aromatic nitrogens is 1. The van der Waals surface area contributed by atoms with E-state index >= 15 is 0 Å². The third kappa shape index (κ3) is 2.54. The predicted octanol–water partition coefficient (Wildman–Crippen LogP) is 2.96. The number of aryl methyl sites for hydroxylation is 1. The highest BCUT2D eigenvalue weighted by atomic mass is 16.3. The average Bonchev–Trinajstić information content (AvgIpc) is 2.81. The highest BCUT2D eigenvalue weighted by Crippen LogP contribution is 2.38. The maximum Gasteiger partial charge on any atom is 0.257 e. The van der Waals surface area contributed by atoms with Crippen LogP contribution in [0.3, 0.4) is 0 Å². The van der Waals surface area contributed by atoms with Gasteiger partial charge in [0.2, 0.25) is 0 Å². The molecule has 118 valence electrons. The fraction of sp³-hybridized carbons (Fsp3) is 0.222. The van der Waals surface area contributed by atoms with Crippen molar-refractivity contribution in [2.45, 2.75) is 13.8 Å². The number of anilines is 2. The first-order valence-electron chi connectivity index (χ1n) is 7.39. The normalized spacial score (nSPS) is 14.8. The molecule has 2 N–H and O–H groups in total. The van der Waals surface area contributed by atoms with Gasteiger partial charge in [-0.15, -0.1) is 0 Å². The Labute approximate surface area is 135 Å². The fourth-order valence-electron chi connectivity index (χ4n) is 2.73. The molecule has 0 aliphatic carbocycles. The van der Waals surface area contributed by atoms with Gasteiger partial charge in [0.15, 0.2) is 0 Å². The third-order valence-electron chi connectivity index (χ3n) is 4.06. The molecule has 1 aromatic carbocycles.